The Labute approximate surface area is 241 Å². The lowest BCUT2D eigenvalue weighted by Crippen LogP contribution is -2.43. The lowest BCUT2D eigenvalue weighted by molar-refractivity contribution is -0.133. The summed E-state index contributed by atoms with van der Waals surface area (Å²) in [5.41, 5.74) is 3.99. The highest BCUT2D eigenvalue weighted by Gasteiger charge is 2.26. The van der Waals surface area contributed by atoms with Crippen LogP contribution in [0, 0.1) is 0 Å². The van der Waals surface area contributed by atoms with Gasteiger partial charge < -0.3 is 20.3 Å². The van der Waals surface area contributed by atoms with Gasteiger partial charge in [-0.3, -0.25) is 4.79 Å². The lowest BCUT2D eigenvalue weighted by Gasteiger charge is -2.33. The van der Waals surface area contributed by atoms with Crippen LogP contribution in [0.2, 0.25) is 0 Å². The van der Waals surface area contributed by atoms with Crippen molar-refractivity contribution in [3.63, 3.8) is 0 Å². The largest absolute Gasteiger partial charge is 0.462 e. The molecule has 1 atom stereocenters. The number of nitrogens with zero attached hydrogens (tertiary/aromatic N) is 1. The van der Waals surface area contributed by atoms with Crippen molar-refractivity contribution in [2.45, 2.75) is 32.4 Å². The number of anilines is 1. The zero-order chi connectivity index (χ0) is 28.9. The van der Waals surface area contributed by atoms with Gasteiger partial charge in [0, 0.05) is 12.2 Å². The summed E-state index contributed by atoms with van der Waals surface area (Å²) in [4.78, 5) is 40.4. The van der Waals surface area contributed by atoms with Crippen LogP contribution >= 0.6 is 0 Å². The van der Waals surface area contributed by atoms with Crippen LogP contribution in [0.5, 0.6) is 0 Å². The number of aryl methyl sites for hydroxylation is 1. The van der Waals surface area contributed by atoms with Crippen LogP contribution in [0.1, 0.15) is 46.4 Å². The zero-order valence-corrected chi connectivity index (χ0v) is 23.2. The van der Waals surface area contributed by atoms with Gasteiger partial charge in [0.25, 0.3) is 0 Å². The number of ether oxygens (including phenoxy) is 1. The van der Waals surface area contributed by atoms with Gasteiger partial charge in [0.15, 0.2) is 0 Å². The summed E-state index contributed by atoms with van der Waals surface area (Å²) in [6.45, 7) is 2.20. The molecule has 0 aliphatic carbocycles. The average molecular weight is 550 g/mol. The molecule has 3 amide bonds. The van der Waals surface area contributed by atoms with E-state index >= 15 is 0 Å². The van der Waals surface area contributed by atoms with E-state index in [4.69, 9.17) is 4.74 Å². The fraction of sp³-hybridized carbons (Fsp3) is 0.206. The molecule has 0 aromatic heterocycles. The number of amides is 3. The molecule has 2 N–H and O–H groups in total. The molecule has 0 saturated heterocycles. The minimum absolute atomic E-state index is 0.190. The molecule has 0 heterocycles. The standard InChI is InChI=1S/C34H35N3O4/c1-2-41-33(39)29-19-12-20-30(23-29)36-34(40)35-24-32(38)37(25-27-15-8-4-9-16-27)31(28-17-10-5-11-18-28)22-21-26-13-6-3-7-14-26/h3-20,23,31H,2,21-22,24-25H2,1H3,(H2,35,36,40). The van der Waals surface area contributed by atoms with Gasteiger partial charge in [-0.1, -0.05) is 97.1 Å². The van der Waals surface area contributed by atoms with E-state index in [1.165, 1.54) is 11.6 Å². The molecule has 0 saturated carbocycles. The van der Waals surface area contributed by atoms with E-state index in [0.717, 1.165) is 24.0 Å². The zero-order valence-electron chi connectivity index (χ0n) is 23.2. The van der Waals surface area contributed by atoms with E-state index < -0.39 is 12.0 Å². The number of esters is 1. The van der Waals surface area contributed by atoms with Crippen LogP contribution in [0.3, 0.4) is 0 Å². The molecule has 4 aromatic rings. The van der Waals surface area contributed by atoms with Crippen molar-refractivity contribution in [2.24, 2.45) is 0 Å². The predicted octanol–water partition coefficient (Wildman–Crippen LogP) is 6.39. The maximum Gasteiger partial charge on any atom is 0.338 e. The summed E-state index contributed by atoms with van der Waals surface area (Å²) < 4.78 is 5.03. The summed E-state index contributed by atoms with van der Waals surface area (Å²) >= 11 is 0. The van der Waals surface area contributed by atoms with Crippen LogP contribution in [-0.4, -0.2) is 36.0 Å². The number of carbonyl (C=O) groups excluding carboxylic acids is 3. The van der Waals surface area contributed by atoms with Gasteiger partial charge in [0.2, 0.25) is 5.91 Å². The van der Waals surface area contributed by atoms with E-state index in [1.54, 1.807) is 25.1 Å². The molecule has 41 heavy (non-hydrogen) atoms. The Morgan fingerprint density at radius 2 is 1.41 bits per heavy atom. The molecule has 0 radical (unpaired) electrons. The number of hydrogen-bond donors (Lipinski definition) is 2. The molecule has 0 aliphatic heterocycles. The molecule has 0 bridgehead atoms. The molecule has 0 aliphatic rings. The second kappa shape index (κ2) is 15.0. The Morgan fingerprint density at radius 3 is 2.07 bits per heavy atom. The molecule has 210 valence electrons. The Balaban J connectivity index is 1.50. The molecular formula is C34H35N3O4. The number of nitrogens with one attached hydrogen (secondary N) is 2. The Kier molecular flexibility index (Phi) is 10.7. The molecule has 7 nitrogen and oxygen atoms in total. The lowest BCUT2D eigenvalue weighted by atomic mass is 9.96. The quantitative estimate of drug-likeness (QED) is 0.201. The van der Waals surface area contributed by atoms with Crippen molar-refractivity contribution in [1.82, 2.24) is 10.2 Å². The van der Waals surface area contributed by atoms with Crippen LogP contribution in [-0.2, 0) is 22.5 Å². The second-order valence-electron chi connectivity index (χ2n) is 9.57. The molecular weight excluding hydrogens is 514 g/mol. The van der Waals surface area contributed by atoms with E-state index in [9.17, 15) is 14.4 Å². The maximum atomic E-state index is 13.8. The monoisotopic (exact) mass is 549 g/mol. The highest BCUT2D eigenvalue weighted by atomic mass is 16.5. The highest BCUT2D eigenvalue weighted by Crippen LogP contribution is 2.28. The minimum Gasteiger partial charge on any atom is -0.462 e. The summed E-state index contributed by atoms with van der Waals surface area (Å²) in [7, 11) is 0. The molecule has 4 rings (SSSR count). The van der Waals surface area contributed by atoms with Gasteiger partial charge in [-0.2, -0.15) is 0 Å². The molecule has 0 spiro atoms. The van der Waals surface area contributed by atoms with Crippen LogP contribution in [0.4, 0.5) is 10.5 Å². The smallest absolute Gasteiger partial charge is 0.338 e. The number of hydrogen-bond acceptors (Lipinski definition) is 4. The SMILES string of the molecule is CCOC(=O)c1cccc(NC(=O)NCC(=O)N(Cc2ccccc2)C(CCc2ccccc2)c2ccccc2)c1. The number of benzene rings is 4. The molecule has 0 fully saturated rings. The van der Waals surface area contributed by atoms with Gasteiger partial charge in [0.1, 0.15) is 0 Å². The van der Waals surface area contributed by atoms with Crippen molar-refractivity contribution in [3.05, 3.63) is 138 Å². The minimum atomic E-state index is -0.542. The van der Waals surface area contributed by atoms with Crippen molar-refractivity contribution in [1.29, 1.82) is 0 Å². The summed E-state index contributed by atoms with van der Waals surface area (Å²) in [6.07, 6.45) is 1.52. The average Bonchev–Trinajstić information content (AvgIpc) is 3.01. The van der Waals surface area contributed by atoms with Crippen molar-refractivity contribution < 1.29 is 19.1 Å². The Morgan fingerprint density at radius 1 is 0.780 bits per heavy atom. The Hall–Kier alpha value is -4.91. The fourth-order valence-corrected chi connectivity index (χ4v) is 4.65. The summed E-state index contributed by atoms with van der Waals surface area (Å²) in [5.74, 6) is -0.670. The van der Waals surface area contributed by atoms with Gasteiger partial charge in [-0.15, -0.1) is 0 Å². The van der Waals surface area contributed by atoms with Crippen LogP contribution in [0.15, 0.2) is 115 Å². The first-order valence-corrected chi connectivity index (χ1v) is 13.8. The fourth-order valence-electron chi connectivity index (χ4n) is 4.65. The van der Waals surface area contributed by atoms with Gasteiger partial charge in [-0.25, -0.2) is 9.59 Å². The third-order valence-electron chi connectivity index (χ3n) is 6.66. The van der Waals surface area contributed by atoms with Crippen LogP contribution < -0.4 is 10.6 Å². The van der Waals surface area contributed by atoms with Crippen LogP contribution in [0.25, 0.3) is 0 Å². The third-order valence-corrected chi connectivity index (χ3v) is 6.66. The van der Waals surface area contributed by atoms with Crippen molar-refractivity contribution in [2.75, 3.05) is 18.5 Å². The first kappa shape index (κ1) is 29.1. The Bertz CT molecular complexity index is 1410. The third kappa shape index (κ3) is 8.80. The van der Waals surface area contributed by atoms with Gasteiger partial charge in [0.05, 0.1) is 24.8 Å². The van der Waals surface area contributed by atoms with Gasteiger partial charge >= 0.3 is 12.0 Å². The van der Waals surface area contributed by atoms with E-state index in [2.05, 4.69) is 22.8 Å². The number of carbonyl (C=O) groups is 3. The van der Waals surface area contributed by atoms with E-state index in [0.29, 0.717) is 17.8 Å². The molecule has 1 unspecified atom stereocenters. The van der Waals surface area contributed by atoms with E-state index in [-0.39, 0.29) is 25.1 Å². The maximum absolute atomic E-state index is 13.8. The predicted molar refractivity (Wildman–Crippen MR) is 160 cm³/mol. The van der Waals surface area contributed by atoms with E-state index in [1.807, 2.05) is 83.8 Å². The first-order valence-electron chi connectivity index (χ1n) is 13.8. The van der Waals surface area contributed by atoms with Crippen molar-refractivity contribution in [3.8, 4) is 0 Å². The number of rotatable bonds is 12. The topological polar surface area (TPSA) is 87.7 Å². The van der Waals surface area contributed by atoms with Crippen molar-refractivity contribution >= 4 is 23.6 Å². The summed E-state index contributed by atoms with van der Waals surface area (Å²) in [5, 5.41) is 5.40. The molecule has 4 aromatic carbocycles. The normalized spacial score (nSPS) is 11.2. The summed E-state index contributed by atoms with van der Waals surface area (Å²) in [6, 6.07) is 35.8. The number of urea groups is 1. The first-order chi connectivity index (χ1) is 20.0. The molecule has 7 heteroatoms. The van der Waals surface area contributed by atoms with Gasteiger partial charge in [-0.05, 0) is 54.7 Å². The second-order valence-corrected chi connectivity index (χ2v) is 9.57. The highest BCUT2D eigenvalue weighted by molar-refractivity contribution is 5.95.